The summed E-state index contributed by atoms with van der Waals surface area (Å²) in [7, 11) is 0. The SMILES string of the molecule is CCC[C@@H](CO)N(NC(=O)OCc1ccccc1)C(=O)OCc1ccccc1. The summed E-state index contributed by atoms with van der Waals surface area (Å²) in [6.07, 6.45) is -0.340. The van der Waals surface area contributed by atoms with E-state index in [1.807, 2.05) is 67.6 Å². The number of nitrogens with one attached hydrogen (secondary N) is 1. The Balaban J connectivity index is 1.97. The molecular weight excluding hydrogens is 360 g/mol. The number of aliphatic hydroxyl groups is 1. The second-order valence-corrected chi connectivity index (χ2v) is 6.21. The van der Waals surface area contributed by atoms with Gasteiger partial charge in [0.15, 0.2) is 0 Å². The summed E-state index contributed by atoms with van der Waals surface area (Å²) in [4.78, 5) is 24.7. The molecule has 0 saturated carbocycles. The first kappa shape index (κ1) is 21.2. The highest BCUT2D eigenvalue weighted by Crippen LogP contribution is 2.09. The van der Waals surface area contributed by atoms with E-state index in [0.29, 0.717) is 12.8 Å². The van der Waals surface area contributed by atoms with E-state index in [1.54, 1.807) is 0 Å². The largest absolute Gasteiger partial charge is 0.443 e. The van der Waals surface area contributed by atoms with Crippen LogP contribution in [0.2, 0.25) is 0 Å². The monoisotopic (exact) mass is 386 g/mol. The molecule has 0 unspecified atom stereocenters. The number of benzene rings is 2. The number of aliphatic hydroxyl groups excluding tert-OH is 1. The molecule has 28 heavy (non-hydrogen) atoms. The smallest absolute Gasteiger partial charge is 0.429 e. The number of carbonyl (C=O) groups is 2. The molecular formula is C21H26N2O5. The Morgan fingerprint density at radius 1 is 0.964 bits per heavy atom. The predicted octanol–water partition coefficient (Wildman–Crippen LogP) is 3.63. The number of nitrogens with zero attached hydrogens (tertiary/aromatic N) is 1. The van der Waals surface area contributed by atoms with Crippen LogP contribution >= 0.6 is 0 Å². The molecule has 0 aromatic heterocycles. The molecule has 0 bridgehead atoms. The Kier molecular flexibility index (Phi) is 8.81. The minimum absolute atomic E-state index is 0.0567. The number of carbonyl (C=O) groups excluding carboxylic acids is 2. The molecule has 2 rings (SSSR count). The Morgan fingerprint density at radius 2 is 1.50 bits per heavy atom. The van der Waals surface area contributed by atoms with Gasteiger partial charge in [0.05, 0.1) is 12.6 Å². The summed E-state index contributed by atoms with van der Waals surface area (Å²) in [5, 5.41) is 10.6. The van der Waals surface area contributed by atoms with Gasteiger partial charge in [0.25, 0.3) is 0 Å². The molecule has 0 fully saturated rings. The van der Waals surface area contributed by atoms with E-state index in [1.165, 1.54) is 0 Å². The highest BCUT2D eigenvalue weighted by molar-refractivity contribution is 5.74. The Labute approximate surface area is 164 Å². The number of rotatable bonds is 8. The molecule has 7 nitrogen and oxygen atoms in total. The van der Waals surface area contributed by atoms with Crippen molar-refractivity contribution in [2.45, 2.75) is 39.0 Å². The van der Waals surface area contributed by atoms with Gasteiger partial charge in [0.1, 0.15) is 13.2 Å². The third kappa shape index (κ3) is 6.92. The van der Waals surface area contributed by atoms with Gasteiger partial charge in [-0.05, 0) is 17.5 Å². The number of hydrazine groups is 1. The normalized spacial score (nSPS) is 11.4. The summed E-state index contributed by atoms with van der Waals surface area (Å²) < 4.78 is 10.5. The summed E-state index contributed by atoms with van der Waals surface area (Å²) in [6.45, 7) is 1.73. The van der Waals surface area contributed by atoms with E-state index in [0.717, 1.165) is 16.1 Å². The Bertz CT molecular complexity index is 724. The molecule has 2 amide bonds. The average Bonchev–Trinajstić information content (AvgIpc) is 2.74. The van der Waals surface area contributed by atoms with Crippen LogP contribution in [0, 0.1) is 0 Å². The first-order chi connectivity index (χ1) is 13.6. The molecule has 0 saturated heterocycles. The molecule has 0 spiro atoms. The van der Waals surface area contributed by atoms with Gasteiger partial charge in [-0.2, -0.15) is 0 Å². The van der Waals surface area contributed by atoms with Crippen LogP contribution in [0.1, 0.15) is 30.9 Å². The van der Waals surface area contributed by atoms with Gasteiger partial charge in [0.2, 0.25) is 0 Å². The molecule has 0 aliphatic carbocycles. The molecule has 0 heterocycles. The van der Waals surface area contributed by atoms with Gasteiger partial charge >= 0.3 is 12.2 Å². The standard InChI is InChI=1S/C21H26N2O5/c1-2-9-19(14-24)23(21(26)28-16-18-12-7-4-8-13-18)22-20(25)27-15-17-10-5-3-6-11-17/h3-8,10-13,19,24H,2,9,14-16H2,1H3,(H,22,25)/t19-/m0/s1. The zero-order valence-corrected chi connectivity index (χ0v) is 15.9. The van der Waals surface area contributed by atoms with Crippen molar-refractivity contribution < 1.29 is 24.2 Å². The average molecular weight is 386 g/mol. The maximum atomic E-state index is 12.5. The molecule has 2 N–H and O–H groups in total. The lowest BCUT2D eigenvalue weighted by Gasteiger charge is -2.29. The lowest BCUT2D eigenvalue weighted by Crippen LogP contribution is -2.53. The van der Waals surface area contributed by atoms with Gasteiger partial charge in [-0.25, -0.2) is 20.0 Å². The molecule has 7 heteroatoms. The predicted molar refractivity (Wildman–Crippen MR) is 104 cm³/mol. The number of ether oxygens (including phenoxy) is 2. The number of amides is 2. The van der Waals surface area contributed by atoms with Crippen LogP contribution in [0.5, 0.6) is 0 Å². The minimum Gasteiger partial charge on any atom is -0.443 e. The first-order valence-corrected chi connectivity index (χ1v) is 9.22. The maximum absolute atomic E-state index is 12.5. The highest BCUT2D eigenvalue weighted by atomic mass is 16.6. The van der Waals surface area contributed by atoms with Gasteiger partial charge < -0.3 is 14.6 Å². The van der Waals surface area contributed by atoms with Gasteiger partial charge in [0, 0.05) is 0 Å². The van der Waals surface area contributed by atoms with Crippen molar-refractivity contribution in [1.82, 2.24) is 10.4 Å². The quantitative estimate of drug-likeness (QED) is 0.677. The fourth-order valence-electron chi connectivity index (χ4n) is 2.56. The molecule has 0 aliphatic heterocycles. The van der Waals surface area contributed by atoms with Crippen molar-refractivity contribution in [2.24, 2.45) is 0 Å². The molecule has 0 radical (unpaired) electrons. The topological polar surface area (TPSA) is 88.1 Å². The van der Waals surface area contributed by atoms with Crippen LogP contribution in [-0.4, -0.2) is 35.0 Å². The van der Waals surface area contributed by atoms with Crippen molar-refractivity contribution in [3.63, 3.8) is 0 Å². The number of hydrogen-bond donors (Lipinski definition) is 2. The summed E-state index contributed by atoms with van der Waals surface area (Å²) in [5.41, 5.74) is 4.04. The van der Waals surface area contributed by atoms with Crippen LogP contribution in [0.25, 0.3) is 0 Å². The van der Waals surface area contributed by atoms with E-state index in [9.17, 15) is 14.7 Å². The van der Waals surface area contributed by atoms with Crippen molar-refractivity contribution in [1.29, 1.82) is 0 Å². The second-order valence-electron chi connectivity index (χ2n) is 6.21. The van der Waals surface area contributed by atoms with Gasteiger partial charge in [-0.3, -0.25) is 0 Å². The Morgan fingerprint density at radius 3 is 2.00 bits per heavy atom. The van der Waals surface area contributed by atoms with Crippen molar-refractivity contribution in [2.75, 3.05) is 6.61 Å². The van der Waals surface area contributed by atoms with E-state index in [2.05, 4.69) is 5.43 Å². The highest BCUT2D eigenvalue weighted by Gasteiger charge is 2.26. The van der Waals surface area contributed by atoms with Crippen LogP contribution in [0.4, 0.5) is 9.59 Å². The lowest BCUT2D eigenvalue weighted by molar-refractivity contribution is 0.0298. The van der Waals surface area contributed by atoms with Crippen LogP contribution in [0.3, 0.4) is 0 Å². The van der Waals surface area contributed by atoms with Crippen molar-refractivity contribution in [3.05, 3.63) is 71.8 Å². The van der Waals surface area contributed by atoms with Crippen LogP contribution in [0.15, 0.2) is 60.7 Å². The van der Waals surface area contributed by atoms with Crippen molar-refractivity contribution in [3.8, 4) is 0 Å². The van der Waals surface area contributed by atoms with Crippen LogP contribution < -0.4 is 5.43 Å². The zero-order valence-electron chi connectivity index (χ0n) is 15.9. The van der Waals surface area contributed by atoms with Gasteiger partial charge in [-0.15, -0.1) is 0 Å². The maximum Gasteiger partial charge on any atom is 0.429 e. The molecule has 2 aromatic carbocycles. The molecule has 1 atom stereocenters. The van der Waals surface area contributed by atoms with E-state index in [4.69, 9.17) is 9.47 Å². The fraction of sp³-hybridized carbons (Fsp3) is 0.333. The minimum atomic E-state index is -0.796. The fourth-order valence-corrected chi connectivity index (χ4v) is 2.56. The summed E-state index contributed by atoms with van der Waals surface area (Å²) in [5.74, 6) is 0. The van der Waals surface area contributed by atoms with Crippen molar-refractivity contribution >= 4 is 12.2 Å². The Hall–Kier alpha value is -3.06. The van der Waals surface area contributed by atoms with Crippen LogP contribution in [-0.2, 0) is 22.7 Å². The molecule has 150 valence electrons. The number of hydrogen-bond acceptors (Lipinski definition) is 5. The lowest BCUT2D eigenvalue weighted by atomic mass is 10.2. The molecule has 0 aliphatic rings. The zero-order chi connectivity index (χ0) is 20.2. The van der Waals surface area contributed by atoms with Gasteiger partial charge in [-0.1, -0.05) is 74.0 Å². The third-order valence-corrected chi connectivity index (χ3v) is 4.02. The summed E-state index contributed by atoms with van der Waals surface area (Å²) >= 11 is 0. The van der Waals surface area contributed by atoms with E-state index in [-0.39, 0.29) is 19.8 Å². The second kappa shape index (κ2) is 11.6. The van der Waals surface area contributed by atoms with E-state index < -0.39 is 18.2 Å². The van der Waals surface area contributed by atoms with E-state index >= 15 is 0 Å². The first-order valence-electron chi connectivity index (χ1n) is 9.22. The third-order valence-electron chi connectivity index (χ3n) is 4.02. The molecule has 2 aromatic rings. The summed E-state index contributed by atoms with van der Waals surface area (Å²) in [6, 6.07) is 17.8.